The van der Waals surface area contributed by atoms with Gasteiger partial charge in [-0.1, -0.05) is 34.1 Å². The van der Waals surface area contributed by atoms with E-state index in [-0.39, 0.29) is 0 Å². The first kappa shape index (κ1) is 15.0. The fourth-order valence-corrected chi connectivity index (χ4v) is 2.61. The molecule has 20 heavy (non-hydrogen) atoms. The summed E-state index contributed by atoms with van der Waals surface area (Å²) in [6, 6.07) is 12.8. The Balaban J connectivity index is 2.01. The summed E-state index contributed by atoms with van der Waals surface area (Å²) in [5, 5.41) is 3.37. The smallest absolute Gasteiger partial charge is 0.212 e. The van der Waals surface area contributed by atoms with E-state index in [2.05, 4.69) is 50.5 Å². The van der Waals surface area contributed by atoms with Crippen LogP contribution >= 0.6 is 15.9 Å². The van der Waals surface area contributed by atoms with Gasteiger partial charge in [-0.2, -0.15) is 0 Å². The lowest BCUT2D eigenvalue weighted by Crippen LogP contribution is -2.29. The Morgan fingerprint density at radius 1 is 1.20 bits per heavy atom. The van der Waals surface area contributed by atoms with Crippen LogP contribution in [0.4, 0.5) is 0 Å². The number of aromatic nitrogens is 1. The minimum Gasteiger partial charge on any atom is -0.481 e. The third-order valence-electron chi connectivity index (χ3n) is 3.27. The molecule has 106 valence electrons. The predicted molar refractivity (Wildman–Crippen MR) is 85.2 cm³/mol. The Bertz CT molecular complexity index is 542. The largest absolute Gasteiger partial charge is 0.481 e. The second-order valence-electron chi connectivity index (χ2n) is 4.73. The number of halogens is 1. The van der Waals surface area contributed by atoms with Crippen molar-refractivity contribution < 1.29 is 4.74 Å². The van der Waals surface area contributed by atoms with Crippen molar-refractivity contribution in [2.24, 2.45) is 0 Å². The van der Waals surface area contributed by atoms with Gasteiger partial charge in [-0.15, -0.1) is 0 Å². The van der Waals surface area contributed by atoms with Crippen molar-refractivity contribution in [1.82, 2.24) is 10.3 Å². The zero-order valence-electron chi connectivity index (χ0n) is 11.8. The summed E-state index contributed by atoms with van der Waals surface area (Å²) in [6.45, 7) is 0. The summed E-state index contributed by atoms with van der Waals surface area (Å²) < 4.78 is 6.20. The monoisotopic (exact) mass is 334 g/mol. The minimum absolute atomic E-state index is 0.388. The molecular weight excluding hydrogens is 316 g/mol. The van der Waals surface area contributed by atoms with Gasteiger partial charge >= 0.3 is 0 Å². The number of likely N-dealkylation sites (N-methyl/N-ethyl adjacent to an activating group) is 1. The first-order chi connectivity index (χ1) is 9.71. The number of pyridine rings is 1. The molecular formula is C16H19BrN2O. The summed E-state index contributed by atoms with van der Waals surface area (Å²) >= 11 is 3.51. The van der Waals surface area contributed by atoms with Gasteiger partial charge in [-0.05, 0) is 43.1 Å². The van der Waals surface area contributed by atoms with Crippen molar-refractivity contribution in [1.29, 1.82) is 0 Å². The van der Waals surface area contributed by atoms with Crippen LogP contribution in [-0.2, 0) is 12.8 Å². The van der Waals surface area contributed by atoms with Crippen LogP contribution in [0.2, 0.25) is 0 Å². The van der Waals surface area contributed by atoms with Crippen LogP contribution in [0.3, 0.4) is 0 Å². The molecule has 2 rings (SSSR count). The Hall–Kier alpha value is -1.39. The van der Waals surface area contributed by atoms with Gasteiger partial charge in [0.15, 0.2) is 0 Å². The van der Waals surface area contributed by atoms with E-state index in [4.69, 9.17) is 4.74 Å². The fraction of sp³-hybridized carbons (Fsp3) is 0.312. The summed E-state index contributed by atoms with van der Waals surface area (Å²) in [4.78, 5) is 4.25. The van der Waals surface area contributed by atoms with Gasteiger partial charge in [-0.25, -0.2) is 4.98 Å². The molecule has 0 saturated carbocycles. The second kappa shape index (κ2) is 7.41. The maximum absolute atomic E-state index is 5.08. The van der Waals surface area contributed by atoms with Crippen LogP contribution < -0.4 is 10.1 Å². The molecule has 1 heterocycles. The lowest BCUT2D eigenvalue weighted by molar-refractivity contribution is 0.397. The normalized spacial score (nSPS) is 12.2. The standard InChI is InChI=1S/C16H19BrN2O/c1-18-15(9-12-4-3-5-14(17)8-12)10-13-6-7-16(20-2)19-11-13/h3-8,11,15,18H,9-10H2,1-2H3. The lowest BCUT2D eigenvalue weighted by atomic mass is 10.00. The number of nitrogens with zero attached hydrogens (tertiary/aromatic N) is 1. The maximum Gasteiger partial charge on any atom is 0.212 e. The van der Waals surface area contributed by atoms with Crippen molar-refractivity contribution in [2.45, 2.75) is 18.9 Å². The highest BCUT2D eigenvalue weighted by molar-refractivity contribution is 9.10. The summed E-state index contributed by atoms with van der Waals surface area (Å²) in [5.41, 5.74) is 2.53. The van der Waals surface area contributed by atoms with Gasteiger partial charge < -0.3 is 10.1 Å². The average Bonchev–Trinajstić information content (AvgIpc) is 2.47. The maximum atomic E-state index is 5.08. The molecule has 1 N–H and O–H groups in total. The molecule has 0 aliphatic heterocycles. The van der Waals surface area contributed by atoms with Crippen LogP contribution in [-0.4, -0.2) is 25.2 Å². The molecule has 0 bridgehead atoms. The molecule has 0 fully saturated rings. The van der Waals surface area contributed by atoms with E-state index in [1.165, 1.54) is 11.1 Å². The van der Waals surface area contributed by atoms with Crippen molar-refractivity contribution in [3.63, 3.8) is 0 Å². The Kier molecular flexibility index (Phi) is 5.56. The number of hydrogen-bond acceptors (Lipinski definition) is 3. The van der Waals surface area contributed by atoms with Gasteiger partial charge in [0.05, 0.1) is 7.11 Å². The van der Waals surface area contributed by atoms with E-state index in [0.717, 1.165) is 17.3 Å². The third-order valence-corrected chi connectivity index (χ3v) is 3.76. The summed E-state index contributed by atoms with van der Waals surface area (Å²) in [7, 11) is 3.63. The van der Waals surface area contributed by atoms with Gasteiger partial charge in [0.25, 0.3) is 0 Å². The molecule has 0 radical (unpaired) electrons. The number of rotatable bonds is 6. The van der Waals surface area contributed by atoms with Crippen LogP contribution in [0, 0.1) is 0 Å². The number of hydrogen-bond donors (Lipinski definition) is 1. The molecule has 1 aromatic carbocycles. The number of ether oxygens (including phenoxy) is 1. The van der Waals surface area contributed by atoms with E-state index < -0.39 is 0 Å². The van der Waals surface area contributed by atoms with Gasteiger partial charge in [0.2, 0.25) is 5.88 Å². The molecule has 0 aliphatic rings. The van der Waals surface area contributed by atoms with E-state index in [9.17, 15) is 0 Å². The molecule has 0 aliphatic carbocycles. The van der Waals surface area contributed by atoms with Gasteiger partial charge in [0, 0.05) is 22.8 Å². The predicted octanol–water partition coefficient (Wildman–Crippen LogP) is 3.23. The van der Waals surface area contributed by atoms with E-state index in [1.807, 2.05) is 25.4 Å². The Morgan fingerprint density at radius 2 is 2.00 bits per heavy atom. The zero-order valence-corrected chi connectivity index (χ0v) is 13.4. The second-order valence-corrected chi connectivity index (χ2v) is 5.65. The zero-order chi connectivity index (χ0) is 14.4. The topological polar surface area (TPSA) is 34.1 Å². The highest BCUT2D eigenvalue weighted by Gasteiger charge is 2.09. The first-order valence-corrected chi connectivity index (χ1v) is 7.41. The molecule has 0 saturated heterocycles. The quantitative estimate of drug-likeness (QED) is 0.880. The number of methoxy groups -OCH3 is 1. The van der Waals surface area contributed by atoms with E-state index in [0.29, 0.717) is 11.9 Å². The SMILES string of the molecule is CNC(Cc1ccc(OC)nc1)Cc1cccc(Br)c1. The highest BCUT2D eigenvalue weighted by atomic mass is 79.9. The number of benzene rings is 1. The van der Waals surface area contributed by atoms with Gasteiger partial charge in [-0.3, -0.25) is 0 Å². The Morgan fingerprint density at radius 3 is 2.60 bits per heavy atom. The fourth-order valence-electron chi connectivity index (χ4n) is 2.16. The van der Waals surface area contributed by atoms with Crippen LogP contribution in [0.1, 0.15) is 11.1 Å². The van der Waals surface area contributed by atoms with Crippen LogP contribution in [0.25, 0.3) is 0 Å². The molecule has 0 amide bonds. The Labute approximate surface area is 128 Å². The van der Waals surface area contributed by atoms with Crippen LogP contribution in [0.5, 0.6) is 5.88 Å². The van der Waals surface area contributed by atoms with Crippen molar-refractivity contribution >= 4 is 15.9 Å². The first-order valence-electron chi connectivity index (χ1n) is 6.62. The minimum atomic E-state index is 0.388. The molecule has 3 nitrogen and oxygen atoms in total. The molecule has 1 aromatic heterocycles. The third kappa shape index (κ3) is 4.32. The summed E-state index contributed by atoms with van der Waals surface area (Å²) in [5.74, 6) is 0.654. The van der Waals surface area contributed by atoms with Crippen molar-refractivity contribution in [3.8, 4) is 5.88 Å². The van der Waals surface area contributed by atoms with Crippen molar-refractivity contribution in [2.75, 3.05) is 14.2 Å². The van der Waals surface area contributed by atoms with E-state index >= 15 is 0 Å². The molecule has 1 unspecified atom stereocenters. The molecule has 1 atom stereocenters. The van der Waals surface area contributed by atoms with Crippen LogP contribution in [0.15, 0.2) is 47.1 Å². The lowest BCUT2D eigenvalue weighted by Gasteiger charge is -2.16. The molecule has 4 heteroatoms. The average molecular weight is 335 g/mol. The van der Waals surface area contributed by atoms with Gasteiger partial charge in [0.1, 0.15) is 0 Å². The molecule has 2 aromatic rings. The van der Waals surface area contributed by atoms with E-state index in [1.54, 1.807) is 7.11 Å². The molecule has 0 spiro atoms. The summed E-state index contributed by atoms with van der Waals surface area (Å²) in [6.07, 6.45) is 3.81. The highest BCUT2D eigenvalue weighted by Crippen LogP contribution is 2.15. The van der Waals surface area contributed by atoms with Crippen molar-refractivity contribution in [3.05, 3.63) is 58.2 Å². The number of nitrogens with one attached hydrogen (secondary N) is 1.